The van der Waals surface area contributed by atoms with E-state index in [1.807, 2.05) is 12.1 Å². The zero-order chi connectivity index (χ0) is 9.80. The SMILES string of the molecule is Nc1cnc(Oc2[c]cccc2)cn1. The van der Waals surface area contributed by atoms with Gasteiger partial charge in [-0.25, -0.2) is 9.97 Å². The van der Waals surface area contributed by atoms with Crippen LogP contribution < -0.4 is 10.5 Å². The fourth-order valence-electron chi connectivity index (χ4n) is 0.932. The molecular formula is C10H8N3O. The predicted molar refractivity (Wildman–Crippen MR) is 51.8 cm³/mol. The summed E-state index contributed by atoms with van der Waals surface area (Å²) in [5, 5.41) is 0. The number of ether oxygens (including phenoxy) is 1. The van der Waals surface area contributed by atoms with Gasteiger partial charge in [0.1, 0.15) is 11.6 Å². The van der Waals surface area contributed by atoms with Gasteiger partial charge >= 0.3 is 0 Å². The van der Waals surface area contributed by atoms with Crippen LogP contribution in [0.4, 0.5) is 5.82 Å². The highest BCUT2D eigenvalue weighted by Gasteiger charge is 1.97. The molecule has 2 N–H and O–H groups in total. The lowest BCUT2D eigenvalue weighted by atomic mass is 10.3. The Balaban J connectivity index is 2.16. The summed E-state index contributed by atoms with van der Waals surface area (Å²) in [5.74, 6) is 1.38. The molecule has 69 valence electrons. The van der Waals surface area contributed by atoms with Crippen LogP contribution >= 0.6 is 0 Å². The van der Waals surface area contributed by atoms with E-state index in [1.54, 1.807) is 12.1 Å². The molecule has 4 heteroatoms. The molecule has 0 saturated carbocycles. The zero-order valence-corrected chi connectivity index (χ0v) is 7.34. The van der Waals surface area contributed by atoms with Crippen molar-refractivity contribution in [2.75, 3.05) is 5.73 Å². The van der Waals surface area contributed by atoms with Gasteiger partial charge < -0.3 is 10.5 Å². The summed E-state index contributed by atoms with van der Waals surface area (Å²) in [6.07, 6.45) is 2.91. The Labute approximate surface area is 81.4 Å². The first kappa shape index (κ1) is 8.50. The van der Waals surface area contributed by atoms with Crippen LogP contribution in [0.1, 0.15) is 0 Å². The van der Waals surface area contributed by atoms with Crippen molar-refractivity contribution < 1.29 is 4.74 Å². The maximum atomic E-state index is 5.38. The standard InChI is InChI=1S/C10H8N3O/c11-9-6-13-10(7-12-9)14-8-4-2-1-3-5-8/h1-4,6-7H,(H2,11,12). The quantitative estimate of drug-likeness (QED) is 0.774. The number of benzene rings is 1. The van der Waals surface area contributed by atoms with Crippen molar-refractivity contribution in [2.24, 2.45) is 0 Å². The number of para-hydroxylation sites is 1. The van der Waals surface area contributed by atoms with Gasteiger partial charge in [-0.1, -0.05) is 18.2 Å². The van der Waals surface area contributed by atoms with Gasteiger partial charge in [0.25, 0.3) is 0 Å². The monoisotopic (exact) mass is 186 g/mol. The molecule has 2 aromatic rings. The molecule has 0 bridgehead atoms. The van der Waals surface area contributed by atoms with Gasteiger partial charge in [-0.3, -0.25) is 0 Å². The highest BCUT2D eigenvalue weighted by Crippen LogP contribution is 2.16. The van der Waals surface area contributed by atoms with Gasteiger partial charge in [0, 0.05) is 6.07 Å². The van der Waals surface area contributed by atoms with E-state index in [-0.39, 0.29) is 0 Å². The van der Waals surface area contributed by atoms with E-state index < -0.39 is 0 Å². The lowest BCUT2D eigenvalue weighted by Crippen LogP contribution is -1.93. The van der Waals surface area contributed by atoms with E-state index in [9.17, 15) is 0 Å². The van der Waals surface area contributed by atoms with E-state index in [2.05, 4.69) is 16.0 Å². The van der Waals surface area contributed by atoms with E-state index in [0.29, 0.717) is 17.4 Å². The number of rotatable bonds is 2. The highest BCUT2D eigenvalue weighted by molar-refractivity contribution is 5.28. The molecule has 1 aromatic carbocycles. The second-order valence-corrected chi connectivity index (χ2v) is 2.61. The van der Waals surface area contributed by atoms with Crippen LogP contribution in [0.15, 0.2) is 36.7 Å². The minimum atomic E-state index is 0.370. The third-order valence-electron chi connectivity index (χ3n) is 1.54. The minimum absolute atomic E-state index is 0.370. The second-order valence-electron chi connectivity index (χ2n) is 2.61. The minimum Gasteiger partial charge on any atom is -0.437 e. The molecule has 0 aliphatic carbocycles. The summed E-state index contributed by atoms with van der Waals surface area (Å²) < 4.78 is 5.35. The number of nitrogen functional groups attached to an aromatic ring is 1. The smallest absolute Gasteiger partial charge is 0.238 e. The molecule has 0 unspecified atom stereocenters. The van der Waals surface area contributed by atoms with Crippen LogP contribution in [0, 0.1) is 6.07 Å². The van der Waals surface area contributed by atoms with Gasteiger partial charge in [-0.2, -0.15) is 0 Å². The molecule has 0 atom stereocenters. The average Bonchev–Trinajstić information content (AvgIpc) is 2.23. The van der Waals surface area contributed by atoms with Crippen LogP contribution in [-0.4, -0.2) is 9.97 Å². The van der Waals surface area contributed by atoms with Crippen molar-refractivity contribution >= 4 is 5.82 Å². The number of hydrogen-bond donors (Lipinski definition) is 1. The predicted octanol–water partition coefficient (Wildman–Crippen LogP) is 1.65. The first-order valence-electron chi connectivity index (χ1n) is 4.07. The highest BCUT2D eigenvalue weighted by atomic mass is 16.5. The van der Waals surface area contributed by atoms with Crippen LogP contribution in [0.25, 0.3) is 0 Å². The lowest BCUT2D eigenvalue weighted by Gasteiger charge is -2.02. The fourth-order valence-corrected chi connectivity index (χ4v) is 0.932. The number of nitrogens with two attached hydrogens (primary N) is 1. The molecule has 1 heterocycles. The molecule has 0 aliphatic heterocycles. The van der Waals surface area contributed by atoms with Crippen molar-refractivity contribution in [1.82, 2.24) is 9.97 Å². The molecule has 4 nitrogen and oxygen atoms in total. The molecule has 0 spiro atoms. The average molecular weight is 186 g/mol. The van der Waals surface area contributed by atoms with Crippen molar-refractivity contribution in [3.8, 4) is 11.6 Å². The van der Waals surface area contributed by atoms with Gasteiger partial charge in [0.2, 0.25) is 5.88 Å². The van der Waals surface area contributed by atoms with Crippen LogP contribution in [0.5, 0.6) is 11.6 Å². The van der Waals surface area contributed by atoms with Gasteiger partial charge in [0.15, 0.2) is 0 Å². The molecule has 0 saturated heterocycles. The molecule has 1 aromatic heterocycles. The third-order valence-corrected chi connectivity index (χ3v) is 1.54. The summed E-state index contributed by atoms with van der Waals surface area (Å²) in [7, 11) is 0. The maximum absolute atomic E-state index is 5.38. The zero-order valence-electron chi connectivity index (χ0n) is 7.34. The first-order chi connectivity index (χ1) is 6.84. The summed E-state index contributed by atoms with van der Waals surface area (Å²) in [6, 6.07) is 10.2. The lowest BCUT2D eigenvalue weighted by molar-refractivity contribution is 0.459. The second kappa shape index (κ2) is 3.74. The van der Waals surface area contributed by atoms with Crippen LogP contribution in [-0.2, 0) is 0 Å². The van der Waals surface area contributed by atoms with E-state index in [4.69, 9.17) is 10.5 Å². The molecule has 2 rings (SSSR count). The Morgan fingerprint density at radius 3 is 2.79 bits per heavy atom. The number of nitrogens with zero attached hydrogens (tertiary/aromatic N) is 2. The molecular weight excluding hydrogens is 178 g/mol. The molecule has 14 heavy (non-hydrogen) atoms. The van der Waals surface area contributed by atoms with Crippen LogP contribution in [0.2, 0.25) is 0 Å². The van der Waals surface area contributed by atoms with E-state index in [1.165, 1.54) is 12.4 Å². The summed E-state index contributed by atoms with van der Waals surface area (Å²) in [4.78, 5) is 7.80. The molecule has 0 amide bonds. The summed E-state index contributed by atoms with van der Waals surface area (Å²) in [6.45, 7) is 0. The van der Waals surface area contributed by atoms with Crippen molar-refractivity contribution in [3.63, 3.8) is 0 Å². The Hall–Kier alpha value is -2.10. The van der Waals surface area contributed by atoms with Crippen molar-refractivity contribution in [1.29, 1.82) is 0 Å². The largest absolute Gasteiger partial charge is 0.437 e. The van der Waals surface area contributed by atoms with Gasteiger partial charge in [-0.15, -0.1) is 0 Å². The van der Waals surface area contributed by atoms with E-state index in [0.717, 1.165) is 0 Å². The molecule has 0 aliphatic rings. The number of aromatic nitrogens is 2. The Bertz CT molecular complexity index is 399. The van der Waals surface area contributed by atoms with Gasteiger partial charge in [0.05, 0.1) is 12.4 Å². The summed E-state index contributed by atoms with van der Waals surface area (Å²) >= 11 is 0. The fraction of sp³-hybridized carbons (Fsp3) is 0. The summed E-state index contributed by atoms with van der Waals surface area (Å²) in [5.41, 5.74) is 5.38. The number of anilines is 1. The van der Waals surface area contributed by atoms with Crippen LogP contribution in [0.3, 0.4) is 0 Å². The third kappa shape index (κ3) is 1.98. The molecule has 0 fully saturated rings. The Morgan fingerprint density at radius 1 is 1.21 bits per heavy atom. The van der Waals surface area contributed by atoms with Crippen molar-refractivity contribution in [2.45, 2.75) is 0 Å². The maximum Gasteiger partial charge on any atom is 0.238 e. The molecule has 1 radical (unpaired) electrons. The normalized spacial score (nSPS) is 9.71. The Morgan fingerprint density at radius 2 is 2.14 bits per heavy atom. The van der Waals surface area contributed by atoms with Crippen molar-refractivity contribution in [3.05, 3.63) is 42.7 Å². The number of hydrogen-bond acceptors (Lipinski definition) is 4. The topological polar surface area (TPSA) is 61.0 Å². The van der Waals surface area contributed by atoms with Gasteiger partial charge in [-0.05, 0) is 6.07 Å². The first-order valence-corrected chi connectivity index (χ1v) is 4.07. The Kier molecular flexibility index (Phi) is 2.27. The van der Waals surface area contributed by atoms with E-state index >= 15 is 0 Å².